The molecule has 1 N–H and O–H groups in total. The van der Waals surface area contributed by atoms with Crippen LogP contribution in [0.25, 0.3) is 5.78 Å². The molecule has 1 fully saturated rings. The predicted molar refractivity (Wildman–Crippen MR) is 98.4 cm³/mol. The fourth-order valence-corrected chi connectivity index (χ4v) is 5.13. The third kappa shape index (κ3) is 2.69. The monoisotopic (exact) mass is 368 g/mol. The standard InChI is InChI=1S/C18H20N6OS/c25-17(16-9-12-3-1-2-4-15(12)26-16)23-8-7-19-13(10-23)14-5-6-20-18-21-11-22-24(14)18/h5-6,9,11,13,19H,1-4,7-8,10H2. The van der Waals surface area contributed by atoms with E-state index in [1.54, 1.807) is 22.0 Å². The van der Waals surface area contributed by atoms with Crippen LogP contribution in [-0.4, -0.2) is 50.0 Å². The van der Waals surface area contributed by atoms with Crippen molar-refractivity contribution in [3.8, 4) is 0 Å². The highest BCUT2D eigenvalue weighted by Crippen LogP contribution is 2.31. The van der Waals surface area contributed by atoms with Gasteiger partial charge in [-0.15, -0.1) is 11.3 Å². The first-order valence-corrected chi connectivity index (χ1v) is 9.90. The van der Waals surface area contributed by atoms with E-state index < -0.39 is 0 Å². The van der Waals surface area contributed by atoms with Gasteiger partial charge in [0.25, 0.3) is 11.7 Å². The molecule has 1 atom stereocenters. The summed E-state index contributed by atoms with van der Waals surface area (Å²) in [5.41, 5.74) is 2.37. The maximum Gasteiger partial charge on any atom is 0.264 e. The Morgan fingerprint density at radius 2 is 2.19 bits per heavy atom. The quantitative estimate of drug-likeness (QED) is 0.747. The molecule has 1 aliphatic heterocycles. The zero-order chi connectivity index (χ0) is 17.5. The molecule has 26 heavy (non-hydrogen) atoms. The lowest BCUT2D eigenvalue weighted by molar-refractivity contribution is 0.0705. The number of hydrogen-bond acceptors (Lipinski definition) is 6. The van der Waals surface area contributed by atoms with Crippen molar-refractivity contribution in [3.05, 3.63) is 45.7 Å². The van der Waals surface area contributed by atoms with Gasteiger partial charge in [-0.1, -0.05) is 0 Å². The molecule has 134 valence electrons. The van der Waals surface area contributed by atoms with Gasteiger partial charge in [-0.05, 0) is 43.4 Å². The van der Waals surface area contributed by atoms with Crippen molar-refractivity contribution >= 4 is 23.0 Å². The van der Waals surface area contributed by atoms with Crippen LogP contribution in [0.5, 0.6) is 0 Å². The first kappa shape index (κ1) is 15.9. The zero-order valence-electron chi connectivity index (χ0n) is 14.4. The van der Waals surface area contributed by atoms with E-state index in [1.165, 1.54) is 29.6 Å². The molecule has 1 saturated heterocycles. The average Bonchev–Trinajstić information content (AvgIpc) is 3.33. The Balaban J connectivity index is 1.39. The fourth-order valence-electron chi connectivity index (χ4n) is 3.90. The maximum absolute atomic E-state index is 13.1. The van der Waals surface area contributed by atoms with Crippen molar-refractivity contribution in [2.45, 2.75) is 31.7 Å². The van der Waals surface area contributed by atoms with Gasteiger partial charge in [0.05, 0.1) is 16.6 Å². The van der Waals surface area contributed by atoms with E-state index in [2.05, 4.69) is 26.4 Å². The second-order valence-electron chi connectivity index (χ2n) is 6.87. The van der Waals surface area contributed by atoms with E-state index in [1.807, 2.05) is 11.0 Å². The lowest BCUT2D eigenvalue weighted by atomic mass is 9.99. The van der Waals surface area contributed by atoms with Crippen LogP contribution in [0.1, 0.15) is 44.7 Å². The largest absolute Gasteiger partial charge is 0.335 e. The summed E-state index contributed by atoms with van der Waals surface area (Å²) in [6, 6.07) is 4.09. The number of aryl methyl sites for hydroxylation is 2. The summed E-state index contributed by atoms with van der Waals surface area (Å²) in [5.74, 6) is 0.735. The number of nitrogens with one attached hydrogen (secondary N) is 1. The van der Waals surface area contributed by atoms with E-state index in [9.17, 15) is 4.79 Å². The molecule has 0 radical (unpaired) electrons. The number of carbonyl (C=O) groups is 1. The number of rotatable bonds is 2. The minimum Gasteiger partial charge on any atom is -0.335 e. The van der Waals surface area contributed by atoms with Gasteiger partial charge in [-0.2, -0.15) is 14.6 Å². The van der Waals surface area contributed by atoms with Crippen LogP contribution in [-0.2, 0) is 12.8 Å². The van der Waals surface area contributed by atoms with Crippen molar-refractivity contribution in [1.29, 1.82) is 0 Å². The predicted octanol–water partition coefficient (Wildman–Crippen LogP) is 1.85. The number of piperazine rings is 1. The summed E-state index contributed by atoms with van der Waals surface area (Å²) in [7, 11) is 0. The Kier molecular flexibility index (Phi) is 3.94. The lowest BCUT2D eigenvalue weighted by Crippen LogP contribution is -2.48. The average molecular weight is 368 g/mol. The van der Waals surface area contributed by atoms with Gasteiger partial charge < -0.3 is 10.2 Å². The number of aromatic nitrogens is 4. The SMILES string of the molecule is O=C(c1cc2c(s1)CCCC2)N1CCNC(c2ccnc3ncnn23)C1. The molecule has 0 bridgehead atoms. The smallest absolute Gasteiger partial charge is 0.264 e. The molecule has 0 aromatic carbocycles. The number of thiophene rings is 1. The second kappa shape index (κ2) is 6.44. The van der Waals surface area contributed by atoms with Gasteiger partial charge in [-0.3, -0.25) is 4.79 Å². The number of hydrogen-bond donors (Lipinski definition) is 1. The van der Waals surface area contributed by atoms with Crippen molar-refractivity contribution in [2.24, 2.45) is 0 Å². The number of nitrogens with zero attached hydrogens (tertiary/aromatic N) is 5. The van der Waals surface area contributed by atoms with E-state index in [0.29, 0.717) is 12.3 Å². The summed E-state index contributed by atoms with van der Waals surface area (Å²) < 4.78 is 1.75. The highest BCUT2D eigenvalue weighted by atomic mass is 32.1. The molecular formula is C18H20N6OS. The minimum atomic E-state index is 0.0227. The molecule has 0 spiro atoms. The molecule has 4 heterocycles. The van der Waals surface area contributed by atoms with Gasteiger partial charge in [0.2, 0.25) is 0 Å². The molecule has 8 heteroatoms. The summed E-state index contributed by atoms with van der Waals surface area (Å²) >= 11 is 1.69. The molecular weight excluding hydrogens is 348 g/mol. The minimum absolute atomic E-state index is 0.0227. The zero-order valence-corrected chi connectivity index (χ0v) is 15.2. The molecule has 2 aliphatic rings. The molecule has 3 aromatic rings. The normalized spacial score (nSPS) is 20.3. The summed E-state index contributed by atoms with van der Waals surface area (Å²) in [6.07, 6.45) is 7.97. The number of amides is 1. The van der Waals surface area contributed by atoms with Crippen LogP contribution in [0.3, 0.4) is 0 Å². The van der Waals surface area contributed by atoms with E-state index >= 15 is 0 Å². The lowest BCUT2D eigenvalue weighted by Gasteiger charge is -2.33. The van der Waals surface area contributed by atoms with Gasteiger partial charge >= 0.3 is 0 Å². The molecule has 7 nitrogen and oxygen atoms in total. The topological polar surface area (TPSA) is 75.4 Å². The second-order valence-corrected chi connectivity index (χ2v) is 8.00. The van der Waals surface area contributed by atoms with Gasteiger partial charge in [-0.25, -0.2) is 4.98 Å². The fraction of sp³-hybridized carbons (Fsp3) is 0.444. The Morgan fingerprint density at radius 1 is 1.27 bits per heavy atom. The van der Waals surface area contributed by atoms with E-state index in [-0.39, 0.29) is 11.9 Å². The molecule has 1 aliphatic carbocycles. The highest BCUT2D eigenvalue weighted by molar-refractivity contribution is 7.14. The Bertz CT molecular complexity index is 940. The number of fused-ring (bicyclic) bond motifs is 2. The molecule has 3 aromatic heterocycles. The maximum atomic E-state index is 13.1. The number of carbonyl (C=O) groups excluding carboxylic acids is 1. The van der Waals surface area contributed by atoms with E-state index in [0.717, 1.165) is 36.5 Å². The highest BCUT2D eigenvalue weighted by Gasteiger charge is 2.28. The van der Waals surface area contributed by atoms with Crippen molar-refractivity contribution < 1.29 is 4.79 Å². The van der Waals surface area contributed by atoms with Crippen molar-refractivity contribution in [2.75, 3.05) is 19.6 Å². The third-order valence-electron chi connectivity index (χ3n) is 5.24. The third-order valence-corrected chi connectivity index (χ3v) is 6.46. The van der Waals surface area contributed by atoms with Crippen LogP contribution in [0.15, 0.2) is 24.7 Å². The summed E-state index contributed by atoms with van der Waals surface area (Å²) in [6.45, 7) is 2.11. The van der Waals surface area contributed by atoms with Crippen LogP contribution in [0.4, 0.5) is 0 Å². The molecule has 0 saturated carbocycles. The van der Waals surface area contributed by atoms with Gasteiger partial charge in [0.15, 0.2) is 0 Å². The van der Waals surface area contributed by atoms with Crippen LogP contribution in [0, 0.1) is 0 Å². The van der Waals surface area contributed by atoms with Crippen LogP contribution < -0.4 is 5.32 Å². The Hall–Kier alpha value is -2.32. The molecule has 1 amide bonds. The molecule has 5 rings (SSSR count). The van der Waals surface area contributed by atoms with Gasteiger partial charge in [0, 0.05) is 30.7 Å². The Morgan fingerprint density at radius 3 is 3.12 bits per heavy atom. The van der Waals surface area contributed by atoms with Crippen molar-refractivity contribution in [1.82, 2.24) is 29.8 Å². The first-order valence-electron chi connectivity index (χ1n) is 9.08. The first-order chi connectivity index (χ1) is 12.8. The van der Waals surface area contributed by atoms with Crippen LogP contribution in [0.2, 0.25) is 0 Å². The van der Waals surface area contributed by atoms with E-state index in [4.69, 9.17) is 0 Å². The van der Waals surface area contributed by atoms with Crippen molar-refractivity contribution in [3.63, 3.8) is 0 Å². The molecule has 1 unspecified atom stereocenters. The Labute approximate surface area is 155 Å². The summed E-state index contributed by atoms with van der Waals surface area (Å²) in [4.78, 5) is 25.7. The van der Waals surface area contributed by atoms with Crippen LogP contribution >= 0.6 is 11.3 Å². The van der Waals surface area contributed by atoms with Gasteiger partial charge in [0.1, 0.15) is 6.33 Å². The summed E-state index contributed by atoms with van der Waals surface area (Å²) in [5, 5.41) is 7.76.